The van der Waals surface area contributed by atoms with E-state index in [-0.39, 0.29) is 28.6 Å². The molecular formula is C15H23N3O2. The van der Waals surface area contributed by atoms with Gasteiger partial charge >= 0.3 is 0 Å². The van der Waals surface area contributed by atoms with Crippen molar-refractivity contribution >= 4 is 5.91 Å². The number of hydrogen-bond acceptors (Lipinski definition) is 3. The van der Waals surface area contributed by atoms with Crippen LogP contribution in [0.4, 0.5) is 0 Å². The van der Waals surface area contributed by atoms with E-state index in [0.29, 0.717) is 5.56 Å². The van der Waals surface area contributed by atoms with Gasteiger partial charge in [-0.2, -0.15) is 0 Å². The highest BCUT2D eigenvalue weighted by molar-refractivity contribution is 5.94. The van der Waals surface area contributed by atoms with Gasteiger partial charge in [-0.15, -0.1) is 0 Å². The lowest BCUT2D eigenvalue weighted by Crippen LogP contribution is -2.62. The molecule has 1 aromatic rings. The summed E-state index contributed by atoms with van der Waals surface area (Å²) < 4.78 is 0. The Hall–Kier alpha value is -1.62. The van der Waals surface area contributed by atoms with Gasteiger partial charge in [0, 0.05) is 34.9 Å². The van der Waals surface area contributed by atoms with E-state index in [2.05, 4.69) is 43.3 Å². The highest BCUT2D eigenvalue weighted by atomic mass is 16.2. The molecule has 110 valence electrons. The molecule has 20 heavy (non-hydrogen) atoms. The van der Waals surface area contributed by atoms with Crippen LogP contribution in [0.1, 0.15) is 50.9 Å². The summed E-state index contributed by atoms with van der Waals surface area (Å²) in [4.78, 5) is 26.0. The molecule has 1 aliphatic rings. The van der Waals surface area contributed by atoms with Gasteiger partial charge in [0.15, 0.2) is 0 Å². The monoisotopic (exact) mass is 277 g/mol. The number of hydrogen-bond donors (Lipinski definition) is 3. The summed E-state index contributed by atoms with van der Waals surface area (Å²) >= 11 is 0. The van der Waals surface area contributed by atoms with Crippen molar-refractivity contribution in [2.75, 3.05) is 0 Å². The third-order valence-electron chi connectivity index (χ3n) is 3.56. The molecule has 1 aromatic heterocycles. The van der Waals surface area contributed by atoms with Crippen molar-refractivity contribution in [2.45, 2.75) is 57.7 Å². The Kier molecular flexibility index (Phi) is 3.73. The second-order valence-corrected chi connectivity index (χ2v) is 6.91. The first kappa shape index (κ1) is 14.8. The summed E-state index contributed by atoms with van der Waals surface area (Å²) in [5, 5.41) is 6.62. The first-order valence-electron chi connectivity index (χ1n) is 6.96. The molecule has 0 aromatic carbocycles. The van der Waals surface area contributed by atoms with Gasteiger partial charge < -0.3 is 15.6 Å². The van der Waals surface area contributed by atoms with Crippen LogP contribution in [0.5, 0.6) is 0 Å². The van der Waals surface area contributed by atoms with Gasteiger partial charge in [0.2, 0.25) is 5.56 Å². The summed E-state index contributed by atoms with van der Waals surface area (Å²) in [6, 6.07) is 3.05. The number of aromatic nitrogens is 1. The van der Waals surface area contributed by atoms with E-state index in [0.717, 1.165) is 12.8 Å². The number of H-pyrrole nitrogens is 1. The molecule has 0 bridgehead atoms. The second kappa shape index (κ2) is 5.05. The Morgan fingerprint density at radius 3 is 2.40 bits per heavy atom. The van der Waals surface area contributed by atoms with Gasteiger partial charge in [-0.05, 0) is 46.6 Å². The molecule has 2 heterocycles. The molecule has 2 rings (SSSR count). The fourth-order valence-electron chi connectivity index (χ4n) is 3.28. The summed E-state index contributed by atoms with van der Waals surface area (Å²) in [7, 11) is 0. The molecule has 0 atom stereocenters. The van der Waals surface area contributed by atoms with E-state index in [9.17, 15) is 9.59 Å². The number of amides is 1. The molecule has 5 heteroatoms. The molecule has 5 nitrogen and oxygen atoms in total. The van der Waals surface area contributed by atoms with Gasteiger partial charge in [-0.25, -0.2) is 0 Å². The van der Waals surface area contributed by atoms with E-state index >= 15 is 0 Å². The number of nitrogens with one attached hydrogen (secondary N) is 3. The lowest BCUT2D eigenvalue weighted by molar-refractivity contribution is 0.0873. The Morgan fingerprint density at radius 2 is 1.85 bits per heavy atom. The molecule has 0 saturated carbocycles. The lowest BCUT2D eigenvalue weighted by Gasteiger charge is -2.46. The molecular weight excluding hydrogens is 254 g/mol. The zero-order valence-corrected chi connectivity index (χ0v) is 12.5. The molecule has 0 radical (unpaired) electrons. The Bertz CT molecular complexity index is 544. The maximum atomic E-state index is 12.2. The zero-order valence-electron chi connectivity index (χ0n) is 12.5. The fourth-order valence-corrected chi connectivity index (χ4v) is 3.28. The maximum absolute atomic E-state index is 12.2. The van der Waals surface area contributed by atoms with Crippen LogP contribution in [-0.4, -0.2) is 28.0 Å². The number of aromatic amines is 1. The minimum Gasteiger partial charge on any atom is -0.349 e. The molecule has 1 saturated heterocycles. The van der Waals surface area contributed by atoms with Crippen molar-refractivity contribution < 1.29 is 4.79 Å². The molecule has 1 fully saturated rings. The lowest BCUT2D eigenvalue weighted by atomic mass is 9.79. The van der Waals surface area contributed by atoms with Gasteiger partial charge in [0.05, 0.1) is 0 Å². The van der Waals surface area contributed by atoms with Crippen LogP contribution in [0.2, 0.25) is 0 Å². The number of rotatable bonds is 2. The van der Waals surface area contributed by atoms with Crippen LogP contribution in [0.15, 0.2) is 23.1 Å². The summed E-state index contributed by atoms with van der Waals surface area (Å²) in [5.74, 6) is -0.186. The zero-order chi connectivity index (χ0) is 15.0. The van der Waals surface area contributed by atoms with Crippen LogP contribution in [0, 0.1) is 0 Å². The normalized spacial score (nSPS) is 21.4. The van der Waals surface area contributed by atoms with Crippen LogP contribution >= 0.6 is 0 Å². The summed E-state index contributed by atoms with van der Waals surface area (Å²) in [6.07, 6.45) is 3.23. The number of piperidine rings is 1. The summed E-state index contributed by atoms with van der Waals surface area (Å²) in [5.41, 5.74) is 0.105. The van der Waals surface area contributed by atoms with Crippen molar-refractivity contribution in [3.63, 3.8) is 0 Å². The highest BCUT2D eigenvalue weighted by Crippen LogP contribution is 2.28. The Labute approximate surface area is 119 Å². The van der Waals surface area contributed by atoms with E-state index in [4.69, 9.17) is 0 Å². The summed E-state index contributed by atoms with van der Waals surface area (Å²) in [6.45, 7) is 8.56. The van der Waals surface area contributed by atoms with Crippen molar-refractivity contribution in [1.29, 1.82) is 0 Å². The number of carbonyl (C=O) groups excluding carboxylic acids is 1. The van der Waals surface area contributed by atoms with Crippen LogP contribution < -0.4 is 16.2 Å². The largest absolute Gasteiger partial charge is 0.349 e. The van der Waals surface area contributed by atoms with Crippen molar-refractivity contribution in [3.05, 3.63) is 34.2 Å². The Balaban J connectivity index is 2.09. The van der Waals surface area contributed by atoms with E-state index in [1.165, 1.54) is 12.3 Å². The van der Waals surface area contributed by atoms with E-state index in [1.807, 2.05) is 0 Å². The van der Waals surface area contributed by atoms with Gasteiger partial charge in [-0.1, -0.05) is 0 Å². The quantitative estimate of drug-likeness (QED) is 0.765. The van der Waals surface area contributed by atoms with Crippen LogP contribution in [0.3, 0.4) is 0 Å². The first-order chi connectivity index (χ1) is 9.17. The topological polar surface area (TPSA) is 74.0 Å². The van der Waals surface area contributed by atoms with Crippen LogP contribution in [-0.2, 0) is 0 Å². The van der Waals surface area contributed by atoms with Crippen molar-refractivity contribution in [2.24, 2.45) is 0 Å². The van der Waals surface area contributed by atoms with Crippen LogP contribution in [0.25, 0.3) is 0 Å². The van der Waals surface area contributed by atoms with Crippen molar-refractivity contribution in [3.8, 4) is 0 Å². The molecule has 0 aliphatic carbocycles. The van der Waals surface area contributed by atoms with E-state index < -0.39 is 0 Å². The SMILES string of the molecule is CC1(C)CC(NC(=O)c2cc[nH]c(=O)c2)CC(C)(C)N1. The van der Waals surface area contributed by atoms with Gasteiger partial charge in [0.1, 0.15) is 0 Å². The minimum atomic E-state index is -0.261. The predicted molar refractivity (Wildman–Crippen MR) is 78.8 cm³/mol. The van der Waals surface area contributed by atoms with E-state index in [1.54, 1.807) is 6.07 Å². The minimum absolute atomic E-state index is 0.0200. The second-order valence-electron chi connectivity index (χ2n) is 6.91. The third kappa shape index (κ3) is 3.70. The average molecular weight is 277 g/mol. The maximum Gasteiger partial charge on any atom is 0.251 e. The number of carbonyl (C=O) groups is 1. The first-order valence-corrected chi connectivity index (χ1v) is 6.96. The van der Waals surface area contributed by atoms with Gasteiger partial charge in [0.25, 0.3) is 5.91 Å². The predicted octanol–water partition coefficient (Wildman–Crippen LogP) is 1.41. The Morgan fingerprint density at radius 1 is 1.25 bits per heavy atom. The molecule has 1 amide bonds. The fraction of sp³-hybridized carbons (Fsp3) is 0.600. The molecule has 3 N–H and O–H groups in total. The van der Waals surface area contributed by atoms with Gasteiger partial charge in [-0.3, -0.25) is 9.59 Å². The molecule has 0 unspecified atom stereocenters. The standard InChI is InChI=1S/C15H23N3O2/c1-14(2)8-11(9-15(3,4)18-14)17-13(20)10-5-6-16-12(19)7-10/h5-7,11,18H,8-9H2,1-4H3,(H,16,19)(H,17,20). The third-order valence-corrected chi connectivity index (χ3v) is 3.56. The highest BCUT2D eigenvalue weighted by Gasteiger charge is 2.38. The number of pyridine rings is 1. The molecule has 0 spiro atoms. The van der Waals surface area contributed by atoms with Crippen molar-refractivity contribution in [1.82, 2.24) is 15.6 Å². The average Bonchev–Trinajstić information content (AvgIpc) is 2.24. The molecule has 1 aliphatic heterocycles. The smallest absolute Gasteiger partial charge is 0.251 e.